The molecule has 8 heteroatoms. The molecule has 2 aromatic heterocycles. The van der Waals surface area contributed by atoms with Crippen LogP contribution in [0.3, 0.4) is 0 Å². The summed E-state index contributed by atoms with van der Waals surface area (Å²) in [6.07, 6.45) is 0. The van der Waals surface area contributed by atoms with Crippen molar-refractivity contribution in [2.24, 2.45) is 0 Å². The summed E-state index contributed by atoms with van der Waals surface area (Å²) in [6, 6.07) is 24.2. The maximum absolute atomic E-state index is 13.4. The number of carbonyl (C=O) groups excluding carboxylic acids is 1. The zero-order chi connectivity index (χ0) is 21.5. The van der Waals surface area contributed by atoms with Crippen LogP contribution in [-0.4, -0.2) is 36.3 Å². The molecule has 4 rings (SSSR count). The lowest BCUT2D eigenvalue weighted by Crippen LogP contribution is -2.35. The first-order valence-corrected chi connectivity index (χ1v) is 11.8. The molecule has 0 saturated carbocycles. The molecule has 2 heterocycles. The van der Waals surface area contributed by atoms with E-state index in [1.54, 1.807) is 16.0 Å². The molecule has 31 heavy (non-hydrogen) atoms. The molecule has 0 radical (unpaired) electrons. The molecule has 0 saturated heterocycles. The van der Waals surface area contributed by atoms with Crippen molar-refractivity contribution in [3.63, 3.8) is 0 Å². The highest BCUT2D eigenvalue weighted by molar-refractivity contribution is 8.00. The summed E-state index contributed by atoms with van der Waals surface area (Å²) in [5, 5.41) is 14.4. The molecule has 0 bridgehead atoms. The first kappa shape index (κ1) is 21.3. The van der Waals surface area contributed by atoms with Gasteiger partial charge in [0.05, 0.1) is 11.8 Å². The molecule has 1 unspecified atom stereocenters. The summed E-state index contributed by atoms with van der Waals surface area (Å²) in [5.41, 5.74) is 2.21. The fourth-order valence-electron chi connectivity index (χ4n) is 3.22. The van der Waals surface area contributed by atoms with Crippen molar-refractivity contribution >= 4 is 29.0 Å². The van der Waals surface area contributed by atoms with Crippen molar-refractivity contribution in [2.75, 3.05) is 0 Å². The molecular formula is C23H23N5OS2. The Hall–Kier alpha value is -2.97. The lowest BCUT2D eigenvalue weighted by atomic mass is 10.1. The van der Waals surface area contributed by atoms with Crippen molar-refractivity contribution in [2.45, 2.75) is 37.0 Å². The monoisotopic (exact) mass is 449 g/mol. The van der Waals surface area contributed by atoms with Gasteiger partial charge in [0.15, 0.2) is 0 Å². The van der Waals surface area contributed by atoms with E-state index in [0.717, 1.165) is 11.1 Å². The molecule has 1 amide bonds. The summed E-state index contributed by atoms with van der Waals surface area (Å²) in [4.78, 5) is 16.5. The highest BCUT2D eigenvalue weighted by Gasteiger charge is 2.24. The summed E-state index contributed by atoms with van der Waals surface area (Å²) < 4.78 is 1.75. The summed E-state index contributed by atoms with van der Waals surface area (Å²) in [7, 11) is 0. The number of benzene rings is 2. The van der Waals surface area contributed by atoms with E-state index in [2.05, 4.69) is 21.6 Å². The number of hydrogen-bond donors (Lipinski definition) is 0. The van der Waals surface area contributed by atoms with Gasteiger partial charge in [0.1, 0.15) is 0 Å². The second kappa shape index (κ2) is 10.4. The molecule has 1 atom stereocenters. The molecular weight excluding hydrogens is 426 g/mol. The first-order valence-electron chi connectivity index (χ1n) is 10.0. The van der Waals surface area contributed by atoms with Crippen LogP contribution >= 0.6 is 23.1 Å². The van der Waals surface area contributed by atoms with Crippen molar-refractivity contribution in [1.29, 1.82) is 0 Å². The molecule has 158 valence electrons. The number of nitrogens with zero attached hydrogens (tertiary/aromatic N) is 5. The SMILES string of the molecule is CC(Sc1nnnn1Cc1cccs1)C(=O)N(Cc1ccccc1)Cc1ccccc1. The highest BCUT2D eigenvalue weighted by atomic mass is 32.2. The van der Waals surface area contributed by atoms with E-state index < -0.39 is 0 Å². The number of tetrazole rings is 1. The predicted molar refractivity (Wildman–Crippen MR) is 124 cm³/mol. The topological polar surface area (TPSA) is 63.9 Å². The summed E-state index contributed by atoms with van der Waals surface area (Å²) in [5.74, 6) is 0.0587. The van der Waals surface area contributed by atoms with Gasteiger partial charge in [0.25, 0.3) is 0 Å². The minimum absolute atomic E-state index is 0.0587. The van der Waals surface area contributed by atoms with Crippen LogP contribution in [0.15, 0.2) is 83.3 Å². The Labute approximate surface area is 189 Å². The molecule has 0 aliphatic carbocycles. The van der Waals surface area contributed by atoms with Crippen LogP contribution in [-0.2, 0) is 24.4 Å². The fraction of sp³-hybridized carbons (Fsp3) is 0.217. The van der Waals surface area contributed by atoms with Crippen LogP contribution in [0.25, 0.3) is 0 Å². The van der Waals surface area contributed by atoms with Gasteiger partial charge < -0.3 is 4.90 Å². The van der Waals surface area contributed by atoms with Crippen LogP contribution < -0.4 is 0 Å². The Morgan fingerprint density at radius 1 is 1.00 bits per heavy atom. The number of thioether (sulfide) groups is 1. The van der Waals surface area contributed by atoms with Crippen LogP contribution in [0, 0.1) is 0 Å². The minimum atomic E-state index is -0.319. The molecule has 6 nitrogen and oxygen atoms in total. The van der Waals surface area contributed by atoms with Crippen LogP contribution in [0.4, 0.5) is 0 Å². The van der Waals surface area contributed by atoms with Gasteiger partial charge >= 0.3 is 0 Å². The van der Waals surface area contributed by atoms with Crippen molar-refractivity contribution in [3.05, 3.63) is 94.2 Å². The second-order valence-corrected chi connectivity index (χ2v) is 9.46. The van der Waals surface area contributed by atoms with E-state index in [0.29, 0.717) is 24.8 Å². The largest absolute Gasteiger partial charge is 0.333 e. The van der Waals surface area contributed by atoms with E-state index in [4.69, 9.17) is 0 Å². The third-order valence-corrected chi connectivity index (χ3v) is 6.68. The Balaban J connectivity index is 1.49. The standard InChI is InChI=1S/C23H23N5OS2/c1-18(31-23-24-25-26-28(23)17-21-13-8-14-30-21)22(29)27(15-19-9-4-2-5-10-19)16-20-11-6-3-7-12-20/h2-14,18H,15-17H2,1H3. The summed E-state index contributed by atoms with van der Waals surface area (Å²) in [6.45, 7) is 3.63. The van der Waals surface area contributed by atoms with Crippen molar-refractivity contribution < 1.29 is 4.79 Å². The first-order chi connectivity index (χ1) is 15.2. The Bertz CT molecular complexity index is 1040. The van der Waals surface area contributed by atoms with Gasteiger partial charge in [0, 0.05) is 18.0 Å². The molecule has 2 aromatic carbocycles. The third-order valence-electron chi connectivity index (χ3n) is 4.76. The molecule has 0 aliphatic heterocycles. The van der Waals surface area contributed by atoms with Crippen LogP contribution in [0.2, 0.25) is 0 Å². The Morgan fingerprint density at radius 2 is 1.65 bits per heavy atom. The zero-order valence-corrected chi connectivity index (χ0v) is 18.8. The maximum atomic E-state index is 13.4. The predicted octanol–water partition coefficient (Wildman–Crippen LogP) is 4.49. The number of amides is 1. The number of aromatic nitrogens is 4. The fourth-order valence-corrected chi connectivity index (χ4v) is 4.77. The van der Waals surface area contributed by atoms with Gasteiger partial charge in [-0.05, 0) is 39.9 Å². The number of carbonyl (C=O) groups is 1. The molecule has 0 fully saturated rings. The molecule has 0 N–H and O–H groups in total. The van der Waals surface area contributed by atoms with Crippen LogP contribution in [0.1, 0.15) is 22.9 Å². The average molecular weight is 450 g/mol. The van der Waals surface area contributed by atoms with Crippen LogP contribution in [0.5, 0.6) is 0 Å². The van der Waals surface area contributed by atoms with E-state index in [-0.39, 0.29) is 11.2 Å². The van der Waals surface area contributed by atoms with Gasteiger partial charge in [0.2, 0.25) is 11.1 Å². The van der Waals surface area contributed by atoms with E-state index in [9.17, 15) is 4.79 Å². The average Bonchev–Trinajstić information content (AvgIpc) is 3.47. The quantitative estimate of drug-likeness (QED) is 0.352. The molecule has 0 aliphatic rings. The molecule has 4 aromatic rings. The Morgan fingerprint density at radius 3 is 2.23 bits per heavy atom. The van der Waals surface area contributed by atoms with Crippen molar-refractivity contribution in [3.8, 4) is 0 Å². The van der Waals surface area contributed by atoms with Gasteiger partial charge in [-0.2, -0.15) is 0 Å². The normalized spacial score (nSPS) is 11.9. The maximum Gasteiger partial charge on any atom is 0.236 e. The number of rotatable bonds is 9. The lowest BCUT2D eigenvalue weighted by molar-refractivity contribution is -0.131. The summed E-state index contributed by atoms with van der Waals surface area (Å²) >= 11 is 3.06. The highest BCUT2D eigenvalue weighted by Crippen LogP contribution is 2.24. The van der Waals surface area contributed by atoms with E-state index in [1.807, 2.05) is 83.9 Å². The molecule has 0 spiro atoms. The van der Waals surface area contributed by atoms with Gasteiger partial charge in [-0.15, -0.1) is 16.4 Å². The zero-order valence-electron chi connectivity index (χ0n) is 17.2. The lowest BCUT2D eigenvalue weighted by Gasteiger charge is -2.26. The minimum Gasteiger partial charge on any atom is -0.333 e. The third kappa shape index (κ3) is 5.80. The number of thiophene rings is 1. The van der Waals surface area contributed by atoms with E-state index in [1.165, 1.54) is 16.6 Å². The van der Waals surface area contributed by atoms with Gasteiger partial charge in [-0.1, -0.05) is 78.5 Å². The van der Waals surface area contributed by atoms with Gasteiger partial charge in [-0.3, -0.25) is 4.79 Å². The second-order valence-electron chi connectivity index (χ2n) is 7.12. The smallest absolute Gasteiger partial charge is 0.236 e. The van der Waals surface area contributed by atoms with E-state index >= 15 is 0 Å². The Kier molecular flexibility index (Phi) is 7.11. The van der Waals surface area contributed by atoms with Crippen molar-refractivity contribution in [1.82, 2.24) is 25.1 Å². The number of hydrogen-bond acceptors (Lipinski definition) is 6. The van der Waals surface area contributed by atoms with Gasteiger partial charge in [-0.25, -0.2) is 4.68 Å².